The summed E-state index contributed by atoms with van der Waals surface area (Å²) in [5.41, 5.74) is 0. The number of amides is 1. The first-order chi connectivity index (χ1) is 8.33. The fourth-order valence-corrected chi connectivity index (χ4v) is 1.35. The number of unbranched alkanes of at least 4 members (excludes halogenated alkanes) is 3. The van der Waals surface area contributed by atoms with Crippen molar-refractivity contribution in [3.8, 4) is 5.75 Å². The Balaban J connectivity index is 2.07. The van der Waals surface area contributed by atoms with Crippen LogP contribution in [-0.4, -0.2) is 18.9 Å². The predicted octanol–water partition coefficient (Wildman–Crippen LogP) is 2.53. The van der Waals surface area contributed by atoms with Gasteiger partial charge in [-0.3, -0.25) is 0 Å². The lowest BCUT2D eigenvalue weighted by Crippen LogP contribution is -2.27. The molecule has 0 saturated carbocycles. The molecule has 1 N–H and O–H groups in total. The van der Waals surface area contributed by atoms with Crippen LogP contribution in [0.2, 0.25) is 0 Å². The molecule has 1 rings (SSSR count). The normalized spacial score (nSPS) is 9.65. The molecule has 1 aromatic carbocycles. The summed E-state index contributed by atoms with van der Waals surface area (Å²) in [6, 6.07) is 8.93. The van der Waals surface area contributed by atoms with Gasteiger partial charge in [0, 0.05) is 13.0 Å². The van der Waals surface area contributed by atoms with Crippen molar-refractivity contribution in [1.82, 2.24) is 5.32 Å². The van der Waals surface area contributed by atoms with Crippen molar-refractivity contribution in [1.29, 1.82) is 0 Å². The van der Waals surface area contributed by atoms with Gasteiger partial charge in [0.1, 0.15) is 12.0 Å². The second kappa shape index (κ2) is 8.33. The Labute approximate surface area is 101 Å². The first-order valence-corrected chi connectivity index (χ1v) is 5.77. The molecular weight excluding hydrogens is 218 g/mol. The van der Waals surface area contributed by atoms with Crippen molar-refractivity contribution in [2.75, 3.05) is 6.54 Å². The number of nitrogens with one attached hydrogen (secondary N) is 1. The van der Waals surface area contributed by atoms with E-state index in [4.69, 9.17) is 4.74 Å². The van der Waals surface area contributed by atoms with Crippen LogP contribution in [0.5, 0.6) is 5.75 Å². The number of benzene rings is 1. The highest BCUT2D eigenvalue weighted by molar-refractivity contribution is 5.70. The average molecular weight is 235 g/mol. The molecule has 92 valence electrons. The summed E-state index contributed by atoms with van der Waals surface area (Å²) in [6.45, 7) is 0.574. The maximum Gasteiger partial charge on any atom is 0.412 e. The summed E-state index contributed by atoms with van der Waals surface area (Å²) < 4.78 is 5.04. The number of ether oxygens (including phenoxy) is 1. The molecule has 0 saturated heterocycles. The van der Waals surface area contributed by atoms with Crippen LogP contribution in [0.15, 0.2) is 30.3 Å². The van der Waals surface area contributed by atoms with Gasteiger partial charge in [-0.2, -0.15) is 0 Å². The van der Waals surface area contributed by atoms with E-state index in [2.05, 4.69) is 5.32 Å². The summed E-state index contributed by atoms with van der Waals surface area (Å²) in [5.74, 6) is 0.533. The highest BCUT2D eigenvalue weighted by Gasteiger charge is 2.01. The third kappa shape index (κ3) is 6.35. The van der Waals surface area contributed by atoms with Crippen LogP contribution in [0.4, 0.5) is 4.79 Å². The lowest BCUT2D eigenvalue weighted by molar-refractivity contribution is -0.107. The largest absolute Gasteiger partial charge is 0.412 e. The number of carbonyl (C=O) groups is 2. The summed E-state index contributed by atoms with van der Waals surface area (Å²) >= 11 is 0. The molecule has 17 heavy (non-hydrogen) atoms. The molecule has 0 aromatic heterocycles. The molecule has 0 radical (unpaired) electrons. The molecule has 1 amide bonds. The Kier molecular flexibility index (Phi) is 6.48. The minimum absolute atomic E-state index is 0.438. The van der Waals surface area contributed by atoms with Crippen LogP contribution in [-0.2, 0) is 4.79 Å². The third-order valence-corrected chi connectivity index (χ3v) is 2.22. The number of hydrogen-bond acceptors (Lipinski definition) is 3. The van der Waals surface area contributed by atoms with Gasteiger partial charge in [-0.05, 0) is 25.0 Å². The summed E-state index contributed by atoms with van der Waals surface area (Å²) in [7, 11) is 0. The molecule has 1 aromatic rings. The Morgan fingerprint density at radius 1 is 1.18 bits per heavy atom. The first-order valence-electron chi connectivity index (χ1n) is 5.77. The SMILES string of the molecule is O=CCCCCCNC(=O)Oc1ccccc1. The van der Waals surface area contributed by atoms with Gasteiger partial charge in [0.2, 0.25) is 0 Å². The van der Waals surface area contributed by atoms with Gasteiger partial charge in [0.05, 0.1) is 0 Å². The van der Waals surface area contributed by atoms with E-state index in [0.717, 1.165) is 25.5 Å². The zero-order chi connectivity index (χ0) is 12.3. The van der Waals surface area contributed by atoms with Crippen molar-refractivity contribution in [3.63, 3.8) is 0 Å². The highest BCUT2D eigenvalue weighted by atomic mass is 16.5. The Bertz CT molecular complexity index is 338. The number of aldehydes is 1. The van der Waals surface area contributed by atoms with E-state index in [9.17, 15) is 9.59 Å². The molecule has 0 unspecified atom stereocenters. The second-order valence-electron chi connectivity index (χ2n) is 3.65. The number of hydrogen-bond donors (Lipinski definition) is 1. The van der Waals surface area contributed by atoms with E-state index in [0.29, 0.717) is 18.7 Å². The number of carbonyl (C=O) groups excluding carboxylic acids is 2. The van der Waals surface area contributed by atoms with Crippen LogP contribution in [0.25, 0.3) is 0 Å². The minimum Gasteiger partial charge on any atom is -0.410 e. The van der Waals surface area contributed by atoms with E-state index in [1.807, 2.05) is 18.2 Å². The van der Waals surface area contributed by atoms with E-state index in [1.165, 1.54) is 0 Å². The standard InChI is InChI=1S/C13H17NO3/c15-11-7-2-1-6-10-14-13(16)17-12-8-4-3-5-9-12/h3-5,8-9,11H,1-2,6-7,10H2,(H,14,16). The van der Waals surface area contributed by atoms with Crippen LogP contribution in [0.3, 0.4) is 0 Å². The van der Waals surface area contributed by atoms with Gasteiger partial charge in [-0.25, -0.2) is 4.79 Å². The molecule has 0 atom stereocenters. The summed E-state index contributed by atoms with van der Waals surface area (Å²) in [4.78, 5) is 21.4. The van der Waals surface area contributed by atoms with E-state index >= 15 is 0 Å². The third-order valence-electron chi connectivity index (χ3n) is 2.22. The molecule has 0 aliphatic heterocycles. The van der Waals surface area contributed by atoms with Crippen LogP contribution in [0.1, 0.15) is 25.7 Å². The number of rotatable bonds is 7. The van der Waals surface area contributed by atoms with Gasteiger partial charge < -0.3 is 14.8 Å². The van der Waals surface area contributed by atoms with E-state index in [1.54, 1.807) is 12.1 Å². The van der Waals surface area contributed by atoms with Gasteiger partial charge in [0.15, 0.2) is 0 Å². The second-order valence-corrected chi connectivity index (χ2v) is 3.65. The lowest BCUT2D eigenvalue weighted by atomic mass is 10.2. The molecule has 0 bridgehead atoms. The van der Waals surface area contributed by atoms with Gasteiger partial charge in [-0.1, -0.05) is 24.6 Å². The van der Waals surface area contributed by atoms with Crippen molar-refractivity contribution < 1.29 is 14.3 Å². The van der Waals surface area contributed by atoms with Gasteiger partial charge >= 0.3 is 6.09 Å². The van der Waals surface area contributed by atoms with Crippen molar-refractivity contribution >= 4 is 12.4 Å². The highest BCUT2D eigenvalue weighted by Crippen LogP contribution is 2.08. The molecule has 0 aliphatic carbocycles. The summed E-state index contributed by atoms with van der Waals surface area (Å²) in [6.07, 6.45) is 3.73. The van der Waals surface area contributed by atoms with Gasteiger partial charge in [0.25, 0.3) is 0 Å². The fraction of sp³-hybridized carbons (Fsp3) is 0.385. The fourth-order valence-electron chi connectivity index (χ4n) is 1.35. The topological polar surface area (TPSA) is 55.4 Å². The Morgan fingerprint density at radius 3 is 2.65 bits per heavy atom. The molecule has 4 heteroatoms. The van der Waals surface area contributed by atoms with Crippen LogP contribution < -0.4 is 10.1 Å². The minimum atomic E-state index is -0.438. The molecule has 0 aliphatic rings. The van der Waals surface area contributed by atoms with Crippen LogP contribution in [0, 0.1) is 0 Å². The average Bonchev–Trinajstić information content (AvgIpc) is 2.35. The number of para-hydroxylation sites is 1. The first kappa shape index (κ1) is 13.2. The smallest absolute Gasteiger partial charge is 0.410 e. The lowest BCUT2D eigenvalue weighted by Gasteiger charge is -2.05. The molecular formula is C13H17NO3. The quantitative estimate of drug-likeness (QED) is 0.583. The van der Waals surface area contributed by atoms with Gasteiger partial charge in [-0.15, -0.1) is 0 Å². The van der Waals surface area contributed by atoms with E-state index in [-0.39, 0.29) is 0 Å². The predicted molar refractivity (Wildman–Crippen MR) is 65.0 cm³/mol. The van der Waals surface area contributed by atoms with Crippen molar-refractivity contribution in [2.45, 2.75) is 25.7 Å². The molecule has 0 spiro atoms. The molecule has 0 heterocycles. The molecule has 4 nitrogen and oxygen atoms in total. The Hall–Kier alpha value is -1.84. The maximum absolute atomic E-state index is 11.3. The maximum atomic E-state index is 11.3. The monoisotopic (exact) mass is 235 g/mol. The van der Waals surface area contributed by atoms with Crippen molar-refractivity contribution in [3.05, 3.63) is 30.3 Å². The van der Waals surface area contributed by atoms with Crippen molar-refractivity contribution in [2.24, 2.45) is 0 Å². The Morgan fingerprint density at radius 2 is 1.94 bits per heavy atom. The van der Waals surface area contributed by atoms with E-state index < -0.39 is 6.09 Å². The zero-order valence-electron chi connectivity index (χ0n) is 9.72. The summed E-state index contributed by atoms with van der Waals surface area (Å²) in [5, 5.41) is 2.66. The molecule has 0 fully saturated rings. The van der Waals surface area contributed by atoms with Crippen LogP contribution >= 0.6 is 0 Å². The zero-order valence-corrected chi connectivity index (χ0v) is 9.72.